The number of hydrogen-bond donors (Lipinski definition) is 1. The van der Waals surface area contributed by atoms with Gasteiger partial charge in [0.25, 0.3) is 0 Å². The largest absolute Gasteiger partial charge is 1.00 e. The van der Waals surface area contributed by atoms with Gasteiger partial charge in [-0.25, -0.2) is 11.7 Å². The van der Waals surface area contributed by atoms with Crippen molar-refractivity contribution in [3.63, 3.8) is 0 Å². The molecular weight excluding hydrogens is 410 g/mol. The fraction of sp³-hybridized carbons (Fsp3) is 0.500. The van der Waals surface area contributed by atoms with Gasteiger partial charge in [-0.3, -0.25) is 0 Å². The van der Waals surface area contributed by atoms with E-state index in [9.17, 15) is 0 Å². The zero-order valence-electron chi connectivity index (χ0n) is 19.0. The van der Waals surface area contributed by atoms with Crippen LogP contribution in [0.2, 0.25) is 0 Å². The van der Waals surface area contributed by atoms with Crippen LogP contribution >= 0.6 is 0 Å². The van der Waals surface area contributed by atoms with Gasteiger partial charge in [-0.15, -0.1) is 10.2 Å². The number of nitrogens with one attached hydrogen (secondary N) is 1. The third-order valence-electron chi connectivity index (χ3n) is 2.47. The summed E-state index contributed by atoms with van der Waals surface area (Å²) < 4.78 is 18.6. The summed E-state index contributed by atoms with van der Waals surface area (Å²) in [7, 11) is 6.61. The van der Waals surface area contributed by atoms with Gasteiger partial charge >= 0.3 is 37.7 Å². The standard InChI is InChI=1S/2C4N5.2C4H10O2.2Li/c2*5-1-3-4(2-6)8-9-7-3;2*1-5-3-4-6-2;;/h;;2*3-4H2,1-2H3;;/q2*-1;;;2*+1/p+1. The molecule has 0 spiro atoms. The van der Waals surface area contributed by atoms with E-state index >= 15 is 0 Å². The van der Waals surface area contributed by atoms with E-state index in [-0.39, 0.29) is 60.5 Å². The van der Waals surface area contributed by atoms with Crippen molar-refractivity contribution in [2.45, 2.75) is 0 Å². The predicted octanol–water partition coefficient (Wildman–Crippen LogP) is -6.44. The molecule has 0 radical (unpaired) electrons. The summed E-state index contributed by atoms with van der Waals surface area (Å²) in [5.41, 5.74) is 0.0463. The first-order valence-corrected chi connectivity index (χ1v) is 7.92. The Labute approximate surface area is 210 Å². The van der Waals surface area contributed by atoms with Gasteiger partial charge < -0.3 is 29.8 Å². The fourth-order valence-electron chi connectivity index (χ4n) is 1.08. The van der Waals surface area contributed by atoms with Crippen LogP contribution in [0, 0.1) is 22.7 Å². The molecule has 14 nitrogen and oxygen atoms in total. The van der Waals surface area contributed by atoms with Crippen molar-refractivity contribution in [3.05, 3.63) is 22.2 Å². The summed E-state index contributed by atoms with van der Waals surface area (Å²) in [5, 5.41) is 51.4. The number of ether oxygens (including phenoxy) is 4. The SMILES string of the molecule is COCCOC.COCCOC.N#CC1=NN=NC1=C=[N-].N#CC1=N[NH+]=NC1=C=[N-].[Li+].[Li+]. The summed E-state index contributed by atoms with van der Waals surface area (Å²) in [5.74, 6) is 3.37. The summed E-state index contributed by atoms with van der Waals surface area (Å²) in [6.07, 6.45) is 0. The second kappa shape index (κ2) is 28.5. The van der Waals surface area contributed by atoms with Gasteiger partial charge in [0, 0.05) is 43.9 Å². The van der Waals surface area contributed by atoms with E-state index in [4.69, 9.17) is 21.3 Å². The number of allylic oxidation sites excluding steroid dienone is 2. The molecule has 2 heterocycles. The quantitative estimate of drug-likeness (QED) is 0.246. The Morgan fingerprint density at radius 1 is 0.781 bits per heavy atom. The Balaban J connectivity index is -0.000000163. The molecule has 2 aliphatic heterocycles. The molecule has 0 saturated heterocycles. The van der Waals surface area contributed by atoms with Gasteiger partial charge in [0.15, 0.2) is 11.4 Å². The number of hydrazone groups is 1. The maximum Gasteiger partial charge on any atom is 1.00 e. The minimum Gasteiger partial charge on any atom is -0.761 e. The molecule has 0 aromatic carbocycles. The summed E-state index contributed by atoms with van der Waals surface area (Å²) in [6.45, 7) is 2.76. The third kappa shape index (κ3) is 19.4. The number of rotatable bonds is 6. The predicted molar refractivity (Wildman–Crippen MR) is 106 cm³/mol. The molecule has 32 heavy (non-hydrogen) atoms. The minimum absolute atomic E-state index is 0. The first-order chi connectivity index (χ1) is 14.6. The van der Waals surface area contributed by atoms with Gasteiger partial charge in [0.1, 0.15) is 17.8 Å². The maximum atomic E-state index is 8.21. The molecule has 2 aliphatic rings. The van der Waals surface area contributed by atoms with Crippen LogP contribution in [0.4, 0.5) is 0 Å². The summed E-state index contributed by atoms with van der Waals surface area (Å²) in [6, 6.07) is 3.37. The smallest absolute Gasteiger partial charge is 0.761 e. The number of methoxy groups -OCH3 is 4. The Bertz CT molecular complexity index is 742. The van der Waals surface area contributed by atoms with Crippen LogP contribution in [-0.2, 0) is 18.9 Å². The number of nitrogens with zero attached hydrogens (tertiary/aromatic N) is 9. The number of nitriles is 2. The molecule has 0 amide bonds. The molecule has 0 saturated carbocycles. The molecule has 16 heteroatoms. The van der Waals surface area contributed by atoms with Crippen molar-refractivity contribution >= 4 is 23.2 Å². The normalized spacial score (nSPS) is 11.6. The summed E-state index contributed by atoms with van der Waals surface area (Å²) in [4.78, 5) is 0. The van der Waals surface area contributed by atoms with Crippen molar-refractivity contribution in [1.29, 1.82) is 10.5 Å². The Hall–Kier alpha value is -2.55. The van der Waals surface area contributed by atoms with Crippen LogP contribution in [-0.4, -0.2) is 78.0 Å². The van der Waals surface area contributed by atoms with E-state index in [2.05, 4.69) is 49.8 Å². The Morgan fingerprint density at radius 3 is 1.50 bits per heavy atom. The van der Waals surface area contributed by atoms with Crippen molar-refractivity contribution in [2.75, 3.05) is 54.9 Å². The third-order valence-corrected chi connectivity index (χ3v) is 2.47. The zero-order valence-corrected chi connectivity index (χ0v) is 19.0. The molecule has 0 fully saturated rings. The molecule has 0 aliphatic carbocycles. The first kappa shape index (κ1) is 36.8. The van der Waals surface area contributed by atoms with Gasteiger partial charge in [-0.1, -0.05) is 0 Å². The molecule has 1 N–H and O–H groups in total. The molecule has 2 rings (SSSR count). The van der Waals surface area contributed by atoms with Gasteiger partial charge in [0.2, 0.25) is 5.71 Å². The van der Waals surface area contributed by atoms with Crippen LogP contribution in [0.1, 0.15) is 0 Å². The van der Waals surface area contributed by atoms with Crippen LogP contribution in [0.3, 0.4) is 0 Å². The molecule has 0 bridgehead atoms. The molecular formula is C16H21Li2N10O4+. The van der Waals surface area contributed by atoms with Crippen LogP contribution in [0.5, 0.6) is 0 Å². The van der Waals surface area contributed by atoms with E-state index in [0.717, 1.165) is 0 Å². The van der Waals surface area contributed by atoms with E-state index in [1.54, 1.807) is 52.3 Å². The van der Waals surface area contributed by atoms with Gasteiger partial charge in [0.05, 0.1) is 26.4 Å². The zero-order chi connectivity index (χ0) is 23.0. The van der Waals surface area contributed by atoms with Gasteiger partial charge in [-0.2, -0.15) is 10.5 Å². The van der Waals surface area contributed by atoms with Gasteiger partial charge in [-0.05, 0) is 5.22 Å². The van der Waals surface area contributed by atoms with E-state index in [1.165, 1.54) is 0 Å². The average molecular weight is 431 g/mol. The Morgan fingerprint density at radius 2 is 1.22 bits per heavy atom. The monoisotopic (exact) mass is 431 g/mol. The number of hydrogen-bond acceptors (Lipinski definition) is 11. The second-order valence-corrected chi connectivity index (χ2v) is 4.43. The van der Waals surface area contributed by atoms with Crippen molar-refractivity contribution < 1.29 is 61.9 Å². The molecule has 160 valence electrons. The molecule has 0 atom stereocenters. The molecule has 0 unspecified atom stereocenters. The van der Waals surface area contributed by atoms with Crippen molar-refractivity contribution in [3.8, 4) is 12.1 Å². The fourth-order valence-corrected chi connectivity index (χ4v) is 1.08. The van der Waals surface area contributed by atoms with Crippen LogP contribution in [0.25, 0.3) is 10.8 Å². The van der Waals surface area contributed by atoms with Crippen molar-refractivity contribution in [1.82, 2.24) is 0 Å². The maximum absolute atomic E-state index is 8.21. The minimum atomic E-state index is -0.0162. The second-order valence-electron chi connectivity index (χ2n) is 4.43. The Kier molecular flexibility index (Phi) is 32.7. The topological polar surface area (TPSA) is 205 Å². The van der Waals surface area contributed by atoms with E-state index < -0.39 is 0 Å². The van der Waals surface area contributed by atoms with Crippen LogP contribution in [0.15, 0.2) is 37.0 Å². The van der Waals surface area contributed by atoms with E-state index in [1.807, 2.05) is 0 Å². The first-order valence-electron chi connectivity index (χ1n) is 7.92. The summed E-state index contributed by atoms with van der Waals surface area (Å²) >= 11 is 0. The average Bonchev–Trinajstić information content (AvgIpc) is 3.45. The molecule has 0 aromatic heterocycles. The van der Waals surface area contributed by atoms with E-state index in [0.29, 0.717) is 26.4 Å². The van der Waals surface area contributed by atoms with Crippen LogP contribution < -0.4 is 42.9 Å². The van der Waals surface area contributed by atoms with Crippen molar-refractivity contribution in [2.24, 2.45) is 25.7 Å². The molecule has 0 aromatic rings.